The average Bonchev–Trinajstić information content (AvgIpc) is 3.24. The van der Waals surface area contributed by atoms with Crippen molar-refractivity contribution >= 4 is 17.9 Å². The van der Waals surface area contributed by atoms with E-state index in [1.165, 1.54) is 12.2 Å². The molecule has 218 valence electrons. The zero-order valence-corrected chi connectivity index (χ0v) is 22.7. The fourth-order valence-corrected chi connectivity index (χ4v) is 9.31. The van der Waals surface area contributed by atoms with Crippen LogP contribution in [-0.2, 0) is 38.1 Å². The third kappa shape index (κ3) is 3.15. The number of hydrogen-bond donors (Lipinski definition) is 3. The van der Waals surface area contributed by atoms with Crippen molar-refractivity contribution in [1.29, 1.82) is 0 Å². The molecule has 11 heteroatoms. The molecular formula is C29H36O11. The van der Waals surface area contributed by atoms with Gasteiger partial charge in [-0.3, -0.25) is 0 Å². The molecule has 5 aliphatic heterocycles. The molecule has 3 aliphatic carbocycles. The lowest BCUT2D eigenvalue weighted by Crippen LogP contribution is -2.80. The molecule has 3 saturated carbocycles. The number of allylic oxidation sites excluding steroid dienone is 1. The van der Waals surface area contributed by atoms with Crippen molar-refractivity contribution in [3.8, 4) is 0 Å². The minimum atomic E-state index is -1.54. The van der Waals surface area contributed by atoms with Crippen LogP contribution in [0, 0.1) is 16.7 Å². The molecule has 0 aromatic carbocycles. The third-order valence-electron chi connectivity index (χ3n) is 11.6. The molecule has 8 bridgehead atoms. The molecule has 11 atom stereocenters. The predicted molar refractivity (Wildman–Crippen MR) is 133 cm³/mol. The highest BCUT2D eigenvalue weighted by Gasteiger charge is 2.83. The molecular weight excluding hydrogens is 524 g/mol. The lowest BCUT2D eigenvalue weighted by atomic mass is 9.40. The largest absolute Gasteiger partial charge is 0.462 e. The van der Waals surface area contributed by atoms with Crippen LogP contribution in [0.15, 0.2) is 23.8 Å². The average molecular weight is 561 g/mol. The van der Waals surface area contributed by atoms with Crippen LogP contribution in [0.4, 0.5) is 0 Å². The van der Waals surface area contributed by atoms with E-state index in [1.807, 2.05) is 6.92 Å². The number of aliphatic hydroxyl groups excluding tert-OH is 1. The first-order valence-corrected chi connectivity index (χ1v) is 14.3. The Morgan fingerprint density at radius 1 is 1.00 bits per heavy atom. The van der Waals surface area contributed by atoms with Gasteiger partial charge in [0.05, 0.1) is 24.4 Å². The summed E-state index contributed by atoms with van der Waals surface area (Å²) in [7, 11) is 0. The first-order valence-electron chi connectivity index (χ1n) is 14.3. The van der Waals surface area contributed by atoms with Crippen LogP contribution in [0.25, 0.3) is 0 Å². The lowest BCUT2D eigenvalue weighted by molar-refractivity contribution is -0.377. The van der Waals surface area contributed by atoms with E-state index in [1.54, 1.807) is 13.0 Å². The summed E-state index contributed by atoms with van der Waals surface area (Å²) >= 11 is 0. The summed E-state index contributed by atoms with van der Waals surface area (Å²) in [6.07, 6.45) is 2.09. The van der Waals surface area contributed by atoms with Crippen molar-refractivity contribution < 1.29 is 53.4 Å². The van der Waals surface area contributed by atoms with Gasteiger partial charge in [0.25, 0.3) is 0 Å². The highest BCUT2D eigenvalue weighted by Crippen LogP contribution is 2.74. The monoisotopic (exact) mass is 560 g/mol. The minimum Gasteiger partial charge on any atom is -0.462 e. The molecule has 5 heterocycles. The van der Waals surface area contributed by atoms with Gasteiger partial charge in [-0.25, -0.2) is 14.4 Å². The normalized spacial score (nSPS) is 55.4. The van der Waals surface area contributed by atoms with Crippen LogP contribution in [-0.4, -0.2) is 93.8 Å². The van der Waals surface area contributed by atoms with Crippen LogP contribution in [0.1, 0.15) is 58.8 Å². The summed E-state index contributed by atoms with van der Waals surface area (Å²) in [5.41, 5.74) is -5.27. The Balaban J connectivity index is 1.30. The van der Waals surface area contributed by atoms with Gasteiger partial charge in [-0.1, -0.05) is 13.0 Å². The van der Waals surface area contributed by atoms with Crippen molar-refractivity contribution in [3.05, 3.63) is 23.8 Å². The quantitative estimate of drug-likeness (QED) is 0.282. The second-order valence-corrected chi connectivity index (χ2v) is 13.2. The Morgan fingerprint density at radius 3 is 2.60 bits per heavy atom. The van der Waals surface area contributed by atoms with E-state index in [9.17, 15) is 29.7 Å². The zero-order chi connectivity index (χ0) is 28.3. The molecule has 1 spiro atoms. The van der Waals surface area contributed by atoms with E-state index >= 15 is 0 Å². The summed E-state index contributed by atoms with van der Waals surface area (Å²) in [6.45, 7) is 3.71. The number of carbonyl (C=O) groups is 3. The van der Waals surface area contributed by atoms with E-state index in [0.717, 1.165) is 0 Å². The summed E-state index contributed by atoms with van der Waals surface area (Å²) in [5.74, 6) is -2.46. The van der Waals surface area contributed by atoms with Crippen LogP contribution < -0.4 is 0 Å². The van der Waals surface area contributed by atoms with Gasteiger partial charge in [0.15, 0.2) is 12.2 Å². The van der Waals surface area contributed by atoms with Gasteiger partial charge < -0.3 is 39.0 Å². The van der Waals surface area contributed by atoms with Gasteiger partial charge in [-0.05, 0) is 51.0 Å². The van der Waals surface area contributed by atoms with Gasteiger partial charge in [-0.15, -0.1) is 0 Å². The Bertz CT molecular complexity index is 1220. The standard InChI is InChI=1S/C29H36O11/c1-25(34)8-9-27-14-36-20(31)11-15-6-10-37-28(21(32)24(33)40-22(15)28)7-4-3-5-19(30)38-17-12-18-29(35,26(17,27)2)13-16(25)23(27)39-18/h3,5,11,16-18,21-23,32,34-35H,4,6-10,12-14H2,1-2H3/b5-3-,15-11+/t16-,17+,18+,21+,22+,23+,25-,26+,27+,28-,29-/m0/s1. The molecule has 0 unspecified atom stereocenters. The number of hydrogen-bond acceptors (Lipinski definition) is 11. The van der Waals surface area contributed by atoms with Crippen LogP contribution >= 0.6 is 0 Å². The molecule has 0 aromatic heterocycles. The maximum Gasteiger partial charge on any atom is 0.338 e. The second kappa shape index (κ2) is 8.38. The Morgan fingerprint density at radius 2 is 1.80 bits per heavy atom. The number of carbonyl (C=O) groups excluding carboxylic acids is 3. The van der Waals surface area contributed by atoms with Gasteiger partial charge in [0.2, 0.25) is 0 Å². The molecule has 0 radical (unpaired) electrons. The van der Waals surface area contributed by atoms with Crippen LogP contribution in [0.5, 0.6) is 0 Å². The Labute approximate surface area is 231 Å². The van der Waals surface area contributed by atoms with E-state index in [2.05, 4.69) is 0 Å². The van der Waals surface area contributed by atoms with Crippen molar-refractivity contribution in [2.45, 2.75) is 106 Å². The summed E-state index contributed by atoms with van der Waals surface area (Å²) in [4.78, 5) is 38.8. The van der Waals surface area contributed by atoms with Gasteiger partial charge in [0, 0.05) is 35.3 Å². The third-order valence-corrected chi connectivity index (χ3v) is 11.6. The molecule has 4 saturated heterocycles. The Hall–Kier alpha value is -2.31. The van der Waals surface area contributed by atoms with E-state index < -0.39 is 76.1 Å². The molecule has 3 N–H and O–H groups in total. The first-order chi connectivity index (χ1) is 18.9. The van der Waals surface area contributed by atoms with Crippen molar-refractivity contribution in [1.82, 2.24) is 0 Å². The zero-order valence-electron chi connectivity index (χ0n) is 22.7. The predicted octanol–water partition coefficient (Wildman–Crippen LogP) is 0.623. The van der Waals surface area contributed by atoms with Crippen molar-refractivity contribution in [3.63, 3.8) is 0 Å². The molecule has 0 aromatic rings. The number of cyclic esters (lactones) is 1. The minimum absolute atomic E-state index is 0.114. The maximum absolute atomic E-state index is 13.3. The topological polar surface area (TPSA) is 158 Å². The number of aliphatic hydroxyl groups is 3. The van der Waals surface area contributed by atoms with Gasteiger partial charge >= 0.3 is 17.9 Å². The molecule has 8 aliphatic rings. The van der Waals surface area contributed by atoms with E-state index in [0.29, 0.717) is 37.7 Å². The smallest absolute Gasteiger partial charge is 0.338 e. The summed E-state index contributed by atoms with van der Waals surface area (Å²) in [5, 5.41) is 34.2. The Kier molecular flexibility index (Phi) is 5.57. The fourth-order valence-electron chi connectivity index (χ4n) is 9.31. The SMILES string of the molecule is C[C@]12[C@H]3C[C@H]4O[C@@H]5[C@H](C[C@]41O)[C@@](C)(O)CC[C@@]52COC(=O)/C=C1\CCO[C@@]2(CC/C=C\C(=O)O3)[C@H](O)C(=O)O[C@H]12. The molecule has 0 amide bonds. The van der Waals surface area contributed by atoms with Gasteiger partial charge in [0.1, 0.15) is 23.9 Å². The number of esters is 3. The molecule has 40 heavy (non-hydrogen) atoms. The fraction of sp³-hybridized carbons (Fsp3) is 0.759. The van der Waals surface area contributed by atoms with Crippen molar-refractivity contribution in [2.24, 2.45) is 16.7 Å². The first kappa shape index (κ1) is 26.6. The van der Waals surface area contributed by atoms with Crippen molar-refractivity contribution in [2.75, 3.05) is 13.2 Å². The highest BCUT2D eigenvalue weighted by molar-refractivity contribution is 5.85. The summed E-state index contributed by atoms with van der Waals surface area (Å²) in [6, 6.07) is 0. The maximum atomic E-state index is 13.3. The molecule has 8 rings (SSSR count). The second-order valence-electron chi connectivity index (χ2n) is 13.2. The van der Waals surface area contributed by atoms with Gasteiger partial charge in [-0.2, -0.15) is 0 Å². The molecule has 7 fully saturated rings. The number of rotatable bonds is 0. The number of ether oxygens (including phenoxy) is 5. The van der Waals surface area contributed by atoms with Crippen LogP contribution in [0.3, 0.4) is 0 Å². The van der Waals surface area contributed by atoms with E-state index in [-0.39, 0.29) is 32.0 Å². The molecule has 11 nitrogen and oxygen atoms in total. The summed E-state index contributed by atoms with van der Waals surface area (Å²) < 4.78 is 29.8. The lowest BCUT2D eigenvalue weighted by Gasteiger charge is -2.71. The van der Waals surface area contributed by atoms with E-state index in [4.69, 9.17) is 23.7 Å². The van der Waals surface area contributed by atoms with Crippen LogP contribution in [0.2, 0.25) is 0 Å². The highest BCUT2D eigenvalue weighted by atomic mass is 16.6.